The standard InChI is InChI=1S/C15H20N2S2/c1-4-13(16)15(12-5-6-18-9-12)19-14-8-10(2)7-11(3)17-14/h5-9,13,15H,4,16H2,1-3H3. The van der Waals surface area contributed by atoms with Crippen LogP contribution in [-0.4, -0.2) is 11.0 Å². The molecule has 0 aliphatic heterocycles. The summed E-state index contributed by atoms with van der Waals surface area (Å²) in [5.41, 5.74) is 9.92. The lowest BCUT2D eigenvalue weighted by Gasteiger charge is -2.21. The van der Waals surface area contributed by atoms with Crippen molar-refractivity contribution in [3.05, 3.63) is 45.8 Å². The molecular weight excluding hydrogens is 272 g/mol. The van der Waals surface area contributed by atoms with Crippen molar-refractivity contribution in [2.45, 2.75) is 43.5 Å². The van der Waals surface area contributed by atoms with Crippen LogP contribution in [0.25, 0.3) is 0 Å². The third-order valence-electron chi connectivity index (χ3n) is 3.05. The number of aryl methyl sites for hydroxylation is 2. The zero-order valence-corrected chi connectivity index (χ0v) is 13.2. The summed E-state index contributed by atoms with van der Waals surface area (Å²) in [7, 11) is 0. The van der Waals surface area contributed by atoms with Crippen molar-refractivity contribution in [3.63, 3.8) is 0 Å². The molecule has 0 amide bonds. The topological polar surface area (TPSA) is 38.9 Å². The minimum Gasteiger partial charge on any atom is -0.326 e. The molecule has 0 fully saturated rings. The van der Waals surface area contributed by atoms with Crippen molar-refractivity contribution in [3.8, 4) is 0 Å². The Hall–Kier alpha value is -0.840. The van der Waals surface area contributed by atoms with Gasteiger partial charge in [0.15, 0.2) is 0 Å². The third-order valence-corrected chi connectivity index (χ3v) is 5.08. The quantitative estimate of drug-likeness (QED) is 0.834. The maximum atomic E-state index is 6.29. The van der Waals surface area contributed by atoms with E-state index in [1.54, 1.807) is 23.1 Å². The normalized spacial score (nSPS) is 14.3. The average Bonchev–Trinajstić information content (AvgIpc) is 2.87. The van der Waals surface area contributed by atoms with Crippen molar-refractivity contribution in [1.82, 2.24) is 4.98 Å². The summed E-state index contributed by atoms with van der Waals surface area (Å²) >= 11 is 3.50. The summed E-state index contributed by atoms with van der Waals surface area (Å²) in [6.07, 6.45) is 0.971. The molecule has 0 aliphatic rings. The molecule has 2 rings (SSSR count). The monoisotopic (exact) mass is 292 g/mol. The van der Waals surface area contributed by atoms with Crippen LogP contribution in [0.2, 0.25) is 0 Å². The molecule has 2 nitrogen and oxygen atoms in total. The predicted octanol–water partition coefficient (Wildman–Crippen LogP) is 4.33. The van der Waals surface area contributed by atoms with Gasteiger partial charge in [-0.1, -0.05) is 18.7 Å². The molecule has 0 saturated heterocycles. The average molecular weight is 292 g/mol. The number of aromatic nitrogens is 1. The Morgan fingerprint density at radius 3 is 2.74 bits per heavy atom. The van der Waals surface area contributed by atoms with E-state index in [0.29, 0.717) is 0 Å². The minimum absolute atomic E-state index is 0.155. The predicted molar refractivity (Wildman–Crippen MR) is 84.9 cm³/mol. The molecule has 2 heterocycles. The second-order valence-corrected chi connectivity index (χ2v) is 6.73. The summed E-state index contributed by atoms with van der Waals surface area (Å²) < 4.78 is 0. The first-order chi connectivity index (χ1) is 9.10. The lowest BCUT2D eigenvalue weighted by Crippen LogP contribution is -2.25. The first-order valence-electron chi connectivity index (χ1n) is 6.49. The van der Waals surface area contributed by atoms with Crippen molar-refractivity contribution >= 4 is 23.1 Å². The van der Waals surface area contributed by atoms with Gasteiger partial charge < -0.3 is 5.73 Å². The van der Waals surface area contributed by atoms with Gasteiger partial charge in [-0.15, -0.1) is 0 Å². The van der Waals surface area contributed by atoms with Crippen LogP contribution in [0.4, 0.5) is 0 Å². The van der Waals surface area contributed by atoms with Gasteiger partial charge in [0.05, 0.1) is 10.3 Å². The fourth-order valence-electron chi connectivity index (χ4n) is 2.05. The zero-order chi connectivity index (χ0) is 13.8. The highest BCUT2D eigenvalue weighted by Gasteiger charge is 2.21. The van der Waals surface area contributed by atoms with Gasteiger partial charge in [-0.2, -0.15) is 11.3 Å². The Bertz CT molecular complexity index is 503. The third kappa shape index (κ3) is 3.81. The van der Waals surface area contributed by atoms with E-state index in [1.807, 2.05) is 6.92 Å². The van der Waals surface area contributed by atoms with E-state index in [0.717, 1.165) is 17.1 Å². The molecule has 102 valence electrons. The maximum Gasteiger partial charge on any atom is 0.0972 e. The van der Waals surface area contributed by atoms with Crippen molar-refractivity contribution in [2.24, 2.45) is 5.73 Å². The molecule has 2 aromatic heterocycles. The number of nitrogens with zero attached hydrogens (tertiary/aromatic N) is 1. The highest BCUT2D eigenvalue weighted by molar-refractivity contribution is 7.99. The van der Waals surface area contributed by atoms with Gasteiger partial charge in [-0.05, 0) is 60.4 Å². The highest BCUT2D eigenvalue weighted by atomic mass is 32.2. The molecule has 0 saturated carbocycles. The maximum absolute atomic E-state index is 6.29. The van der Waals surface area contributed by atoms with Crippen LogP contribution in [-0.2, 0) is 0 Å². The van der Waals surface area contributed by atoms with Crippen LogP contribution >= 0.6 is 23.1 Å². The second-order valence-electron chi connectivity index (χ2n) is 4.79. The van der Waals surface area contributed by atoms with E-state index in [9.17, 15) is 0 Å². The molecule has 4 heteroatoms. The van der Waals surface area contributed by atoms with E-state index >= 15 is 0 Å². The van der Waals surface area contributed by atoms with Gasteiger partial charge in [0.2, 0.25) is 0 Å². The van der Waals surface area contributed by atoms with Crippen molar-refractivity contribution < 1.29 is 0 Å². The molecule has 19 heavy (non-hydrogen) atoms. The number of thiophene rings is 1. The Balaban J connectivity index is 2.25. The number of nitrogens with two attached hydrogens (primary N) is 1. The number of hydrogen-bond acceptors (Lipinski definition) is 4. The van der Waals surface area contributed by atoms with Gasteiger partial charge in [0.1, 0.15) is 0 Å². The molecule has 0 aromatic carbocycles. The highest BCUT2D eigenvalue weighted by Crippen LogP contribution is 2.38. The molecule has 0 spiro atoms. The van der Waals surface area contributed by atoms with E-state index in [4.69, 9.17) is 5.73 Å². The summed E-state index contributed by atoms with van der Waals surface area (Å²) in [5, 5.41) is 5.65. The van der Waals surface area contributed by atoms with Crippen LogP contribution in [0.3, 0.4) is 0 Å². The molecule has 2 N–H and O–H groups in total. The van der Waals surface area contributed by atoms with Crippen LogP contribution in [0.15, 0.2) is 34.0 Å². The second kappa shape index (κ2) is 6.55. The van der Waals surface area contributed by atoms with Crippen LogP contribution in [0, 0.1) is 13.8 Å². The number of rotatable bonds is 5. The molecule has 2 unspecified atom stereocenters. The Kier molecular flexibility index (Phi) is 5.02. The number of thioether (sulfide) groups is 1. The summed E-state index contributed by atoms with van der Waals surface area (Å²) in [5.74, 6) is 0. The molecule has 0 aliphatic carbocycles. The Labute approximate surface area is 123 Å². The number of hydrogen-bond donors (Lipinski definition) is 1. The van der Waals surface area contributed by atoms with Gasteiger partial charge in [-0.25, -0.2) is 4.98 Å². The minimum atomic E-state index is 0.155. The first kappa shape index (κ1) is 14.6. The van der Waals surface area contributed by atoms with Gasteiger partial charge in [0.25, 0.3) is 0 Å². The fourth-order valence-corrected chi connectivity index (χ4v) is 4.19. The Morgan fingerprint density at radius 1 is 1.37 bits per heavy atom. The van der Waals surface area contributed by atoms with Crippen molar-refractivity contribution in [2.75, 3.05) is 0 Å². The largest absolute Gasteiger partial charge is 0.326 e. The molecule has 2 aromatic rings. The van der Waals surface area contributed by atoms with E-state index in [1.165, 1.54) is 11.1 Å². The van der Waals surface area contributed by atoms with Gasteiger partial charge in [-0.3, -0.25) is 0 Å². The van der Waals surface area contributed by atoms with Gasteiger partial charge >= 0.3 is 0 Å². The summed E-state index contributed by atoms with van der Waals surface area (Å²) in [6, 6.07) is 6.56. The van der Waals surface area contributed by atoms with Crippen LogP contribution in [0.1, 0.15) is 35.4 Å². The fraction of sp³-hybridized carbons (Fsp3) is 0.400. The lowest BCUT2D eigenvalue weighted by atomic mass is 10.1. The van der Waals surface area contributed by atoms with E-state index in [2.05, 4.69) is 47.8 Å². The summed E-state index contributed by atoms with van der Waals surface area (Å²) in [4.78, 5) is 4.61. The smallest absolute Gasteiger partial charge is 0.0972 e. The van der Waals surface area contributed by atoms with E-state index < -0.39 is 0 Å². The number of pyridine rings is 1. The first-order valence-corrected chi connectivity index (χ1v) is 8.32. The van der Waals surface area contributed by atoms with Gasteiger partial charge in [0, 0.05) is 11.7 Å². The molecule has 2 atom stereocenters. The molecule has 0 bridgehead atoms. The zero-order valence-electron chi connectivity index (χ0n) is 11.6. The SMILES string of the molecule is CCC(N)C(Sc1cc(C)cc(C)n1)c1ccsc1. The van der Waals surface area contributed by atoms with Crippen LogP contribution < -0.4 is 5.73 Å². The van der Waals surface area contributed by atoms with Crippen molar-refractivity contribution in [1.29, 1.82) is 0 Å². The van der Waals surface area contributed by atoms with E-state index in [-0.39, 0.29) is 11.3 Å². The lowest BCUT2D eigenvalue weighted by molar-refractivity contribution is 0.634. The van der Waals surface area contributed by atoms with Crippen LogP contribution in [0.5, 0.6) is 0 Å². The molecule has 0 radical (unpaired) electrons. The molecular formula is C15H20N2S2. The summed E-state index contributed by atoms with van der Waals surface area (Å²) in [6.45, 7) is 6.29. The Morgan fingerprint density at radius 2 is 2.16 bits per heavy atom.